The smallest absolute Gasteiger partial charge is 0.335 e. The van der Waals surface area contributed by atoms with Crippen LogP contribution in [0.15, 0.2) is 70.6 Å². The second kappa shape index (κ2) is 10.9. The summed E-state index contributed by atoms with van der Waals surface area (Å²) >= 11 is 5.75. The average Bonchev–Trinajstić information content (AvgIpc) is 3.13. The zero-order chi connectivity index (χ0) is 24.2. The van der Waals surface area contributed by atoms with Gasteiger partial charge in [0.05, 0.1) is 23.3 Å². The molecule has 3 aromatic rings. The lowest BCUT2D eigenvalue weighted by molar-refractivity contribution is -0.115. The highest BCUT2D eigenvalue weighted by molar-refractivity contribution is 14.1. The number of hydrogen-bond donors (Lipinski definition) is 2. The summed E-state index contributed by atoms with van der Waals surface area (Å²) < 4.78 is 7.83. The first-order valence-electron chi connectivity index (χ1n) is 10.1. The number of carboxylic acids is 1. The molecule has 1 aliphatic heterocycles. The van der Waals surface area contributed by atoms with Gasteiger partial charge in [0.25, 0.3) is 5.91 Å². The van der Waals surface area contributed by atoms with Gasteiger partial charge in [-0.2, -0.15) is 0 Å². The van der Waals surface area contributed by atoms with Gasteiger partial charge in [0.15, 0.2) is 5.17 Å². The molecule has 0 saturated carbocycles. The number of ether oxygens (including phenoxy) is 1. The second-order valence-electron chi connectivity index (χ2n) is 7.37. The number of carbonyl (C=O) groups is 2. The highest BCUT2D eigenvalue weighted by atomic mass is 127. The minimum absolute atomic E-state index is 0.174. The maximum atomic E-state index is 12.5. The summed E-state index contributed by atoms with van der Waals surface area (Å²) in [7, 11) is 0. The van der Waals surface area contributed by atoms with E-state index in [4.69, 9.17) is 9.84 Å². The van der Waals surface area contributed by atoms with Crippen LogP contribution in [0, 0.1) is 14.1 Å². The van der Waals surface area contributed by atoms with Crippen LogP contribution in [-0.2, 0) is 11.4 Å². The first-order chi connectivity index (χ1) is 16.3. The quantitative estimate of drug-likeness (QED) is 0.231. The van der Waals surface area contributed by atoms with Gasteiger partial charge in [-0.3, -0.25) is 4.79 Å². The van der Waals surface area contributed by atoms with Gasteiger partial charge in [-0.15, -0.1) is 0 Å². The summed E-state index contributed by atoms with van der Waals surface area (Å²) in [5.41, 5.74) is 3.88. The van der Waals surface area contributed by atoms with E-state index in [9.17, 15) is 9.59 Å². The lowest BCUT2D eigenvalue weighted by atomic mass is 10.1. The van der Waals surface area contributed by atoms with Crippen molar-refractivity contribution in [1.82, 2.24) is 5.32 Å². The first-order valence-corrected chi connectivity index (χ1v) is 13.1. The number of aryl methyl sites for hydroxylation is 1. The zero-order valence-electron chi connectivity index (χ0n) is 17.8. The molecule has 34 heavy (non-hydrogen) atoms. The van der Waals surface area contributed by atoms with Crippen molar-refractivity contribution in [2.75, 3.05) is 0 Å². The van der Waals surface area contributed by atoms with Crippen LogP contribution in [0.3, 0.4) is 0 Å². The Morgan fingerprint density at radius 1 is 1.12 bits per heavy atom. The molecule has 0 aliphatic carbocycles. The van der Waals surface area contributed by atoms with E-state index in [0.717, 1.165) is 35.3 Å². The number of rotatable bonds is 6. The van der Waals surface area contributed by atoms with Crippen LogP contribution in [0.4, 0.5) is 5.69 Å². The van der Waals surface area contributed by atoms with Gasteiger partial charge < -0.3 is 15.2 Å². The fourth-order valence-electron chi connectivity index (χ4n) is 3.13. The molecule has 1 fully saturated rings. The summed E-state index contributed by atoms with van der Waals surface area (Å²) in [5, 5.41) is 12.4. The number of nitrogens with zero attached hydrogens (tertiary/aromatic N) is 1. The van der Waals surface area contributed by atoms with E-state index in [1.54, 1.807) is 24.3 Å². The molecule has 0 bridgehead atoms. The van der Waals surface area contributed by atoms with Crippen molar-refractivity contribution in [2.45, 2.75) is 13.5 Å². The van der Waals surface area contributed by atoms with Gasteiger partial charge in [0, 0.05) is 0 Å². The molecular formula is C25H18I2N2O4S. The maximum absolute atomic E-state index is 12.5. The number of thioether (sulfide) groups is 1. The summed E-state index contributed by atoms with van der Waals surface area (Å²) in [5.74, 6) is -0.382. The molecule has 3 aromatic carbocycles. The third-order valence-corrected chi connectivity index (χ3v) is 7.40. The van der Waals surface area contributed by atoms with E-state index in [2.05, 4.69) is 55.5 Å². The topological polar surface area (TPSA) is 88.0 Å². The van der Waals surface area contributed by atoms with Gasteiger partial charge in [0.1, 0.15) is 12.4 Å². The lowest BCUT2D eigenvalue weighted by Crippen LogP contribution is -2.19. The Balaban J connectivity index is 1.48. The van der Waals surface area contributed by atoms with Gasteiger partial charge in [-0.05, 0) is 117 Å². The summed E-state index contributed by atoms with van der Waals surface area (Å²) in [6, 6.07) is 18.3. The molecule has 1 heterocycles. The van der Waals surface area contributed by atoms with Crippen LogP contribution in [0.2, 0.25) is 0 Å². The molecule has 0 unspecified atom stereocenters. The normalized spacial score (nSPS) is 15.6. The standard InChI is InChI=1S/C25H18I2N2O4S/c1-14-4-2-3-5-20(14)28-25-29-23(30)21(34-25)12-16-10-18(26)22(19(27)11-16)33-13-15-6-8-17(9-7-15)24(31)32/h2-12H,13H2,1H3,(H,31,32)(H,28,29,30)/b21-12-. The van der Waals surface area contributed by atoms with Crippen LogP contribution < -0.4 is 10.1 Å². The van der Waals surface area contributed by atoms with E-state index in [1.165, 1.54) is 11.8 Å². The third-order valence-electron chi connectivity index (χ3n) is 4.89. The third kappa shape index (κ3) is 5.99. The van der Waals surface area contributed by atoms with Crippen molar-refractivity contribution in [3.05, 3.63) is 95.0 Å². The maximum Gasteiger partial charge on any atom is 0.335 e. The van der Waals surface area contributed by atoms with Crippen LogP contribution in [-0.4, -0.2) is 22.2 Å². The van der Waals surface area contributed by atoms with E-state index in [1.807, 2.05) is 49.4 Å². The largest absolute Gasteiger partial charge is 0.487 e. The number of benzene rings is 3. The molecule has 0 aromatic heterocycles. The number of halogens is 2. The number of amides is 1. The number of para-hydroxylation sites is 1. The van der Waals surface area contributed by atoms with Gasteiger partial charge >= 0.3 is 5.97 Å². The number of hydrogen-bond acceptors (Lipinski definition) is 5. The van der Waals surface area contributed by atoms with Crippen molar-refractivity contribution in [3.63, 3.8) is 0 Å². The van der Waals surface area contributed by atoms with Crippen molar-refractivity contribution in [3.8, 4) is 5.75 Å². The molecule has 9 heteroatoms. The van der Waals surface area contributed by atoms with Gasteiger partial charge in [-0.25, -0.2) is 9.79 Å². The second-order valence-corrected chi connectivity index (χ2v) is 10.7. The van der Waals surface area contributed by atoms with Crippen LogP contribution >= 0.6 is 56.9 Å². The molecule has 6 nitrogen and oxygen atoms in total. The Morgan fingerprint density at radius 3 is 2.44 bits per heavy atom. The highest BCUT2D eigenvalue weighted by Gasteiger charge is 2.24. The van der Waals surface area contributed by atoms with Crippen LogP contribution in [0.1, 0.15) is 27.0 Å². The highest BCUT2D eigenvalue weighted by Crippen LogP contribution is 2.33. The molecule has 0 atom stereocenters. The molecule has 2 N–H and O–H groups in total. The Bertz CT molecular complexity index is 1310. The van der Waals surface area contributed by atoms with E-state index in [0.29, 0.717) is 16.7 Å². The number of carbonyl (C=O) groups excluding carboxylic acids is 1. The van der Waals surface area contributed by atoms with Gasteiger partial charge in [0.2, 0.25) is 0 Å². The van der Waals surface area contributed by atoms with E-state index >= 15 is 0 Å². The average molecular weight is 696 g/mol. The minimum Gasteiger partial charge on any atom is -0.487 e. The number of aliphatic imine (C=N–C) groups is 1. The lowest BCUT2D eigenvalue weighted by Gasteiger charge is -2.12. The van der Waals surface area contributed by atoms with E-state index in [-0.39, 0.29) is 11.5 Å². The Labute approximate surface area is 228 Å². The monoisotopic (exact) mass is 696 g/mol. The van der Waals surface area contributed by atoms with Crippen molar-refractivity contribution in [2.24, 2.45) is 4.99 Å². The summed E-state index contributed by atoms with van der Waals surface area (Å²) in [6.45, 7) is 2.31. The van der Waals surface area contributed by atoms with Crippen molar-refractivity contribution < 1.29 is 19.4 Å². The zero-order valence-corrected chi connectivity index (χ0v) is 23.0. The molecule has 0 spiro atoms. The first kappa shape index (κ1) is 24.7. The van der Waals surface area contributed by atoms with Crippen LogP contribution in [0.25, 0.3) is 6.08 Å². The Hall–Kier alpha value is -2.38. The number of carboxylic acid groups (broad SMARTS) is 1. The summed E-state index contributed by atoms with van der Waals surface area (Å²) in [4.78, 5) is 28.6. The van der Waals surface area contributed by atoms with Gasteiger partial charge in [-0.1, -0.05) is 30.3 Å². The molecule has 4 rings (SSSR count). The Morgan fingerprint density at radius 2 is 1.79 bits per heavy atom. The molecular weight excluding hydrogens is 678 g/mol. The predicted molar refractivity (Wildman–Crippen MR) is 152 cm³/mol. The number of amidine groups is 1. The number of aromatic carboxylic acids is 1. The number of nitrogens with one attached hydrogen (secondary N) is 1. The molecule has 1 saturated heterocycles. The fraction of sp³-hybridized carbons (Fsp3) is 0.0800. The van der Waals surface area contributed by atoms with Crippen molar-refractivity contribution >= 4 is 85.8 Å². The minimum atomic E-state index is -0.955. The molecule has 1 amide bonds. The molecule has 0 radical (unpaired) electrons. The van der Waals surface area contributed by atoms with Crippen LogP contribution in [0.5, 0.6) is 5.75 Å². The van der Waals surface area contributed by atoms with E-state index < -0.39 is 5.97 Å². The fourth-order valence-corrected chi connectivity index (χ4v) is 6.09. The SMILES string of the molecule is Cc1ccccc1N=C1NC(=O)/C(=C/c2cc(I)c(OCc3ccc(C(=O)O)cc3)c(I)c2)S1. The van der Waals surface area contributed by atoms with Crippen molar-refractivity contribution in [1.29, 1.82) is 0 Å². The molecule has 172 valence electrons. The summed E-state index contributed by atoms with van der Waals surface area (Å²) in [6.07, 6.45) is 1.85. The Kier molecular flexibility index (Phi) is 7.94. The molecule has 1 aliphatic rings. The predicted octanol–water partition coefficient (Wildman–Crippen LogP) is 6.37.